The molecule has 0 atom stereocenters. The first-order valence-electron chi connectivity index (χ1n) is 9.76. The summed E-state index contributed by atoms with van der Waals surface area (Å²) in [6, 6.07) is 6.03. The van der Waals surface area contributed by atoms with Gasteiger partial charge in [0.25, 0.3) is 0 Å². The Morgan fingerprint density at radius 2 is 1.81 bits per heavy atom. The number of likely N-dealkylation sites (N-methyl/N-ethyl adjacent to an activating group) is 1. The molecule has 1 aliphatic heterocycles. The maximum atomic E-state index is 11.9. The van der Waals surface area contributed by atoms with Crippen LogP contribution in [0.2, 0.25) is 0 Å². The number of benzene rings is 1. The molecule has 2 heterocycles. The molecule has 0 bridgehead atoms. The van der Waals surface area contributed by atoms with E-state index in [1.807, 2.05) is 26.0 Å². The van der Waals surface area contributed by atoms with E-state index in [1.54, 1.807) is 0 Å². The minimum absolute atomic E-state index is 0.0313. The Kier molecular flexibility index (Phi) is 5.94. The maximum Gasteiger partial charge on any atom is 0.226 e. The van der Waals surface area contributed by atoms with Crippen molar-refractivity contribution in [2.24, 2.45) is 5.92 Å². The third-order valence-corrected chi connectivity index (χ3v) is 5.21. The number of aromatic nitrogens is 2. The lowest BCUT2D eigenvalue weighted by Gasteiger charge is -2.33. The molecule has 1 amide bonds. The first-order valence-corrected chi connectivity index (χ1v) is 9.76. The molecule has 1 aliphatic rings. The normalized spacial score (nSPS) is 16.5. The van der Waals surface area contributed by atoms with Crippen molar-refractivity contribution >= 4 is 22.6 Å². The Morgan fingerprint density at radius 3 is 2.42 bits per heavy atom. The Hall–Kier alpha value is -1.92. The molecule has 26 heavy (non-hydrogen) atoms. The maximum absolute atomic E-state index is 11.9. The smallest absolute Gasteiger partial charge is 0.226 e. The highest BCUT2D eigenvalue weighted by Gasteiger charge is 2.19. The number of piperazine rings is 1. The summed E-state index contributed by atoms with van der Waals surface area (Å²) in [6.07, 6.45) is 0. The molecule has 6 heteroatoms. The van der Waals surface area contributed by atoms with Crippen molar-refractivity contribution < 1.29 is 4.79 Å². The lowest BCUT2D eigenvalue weighted by Crippen LogP contribution is -2.45. The largest absolute Gasteiger partial charge is 0.327 e. The summed E-state index contributed by atoms with van der Waals surface area (Å²) in [5.41, 5.74) is 2.91. The molecule has 0 saturated carbocycles. The van der Waals surface area contributed by atoms with Crippen LogP contribution in [-0.4, -0.2) is 58.0 Å². The molecule has 0 spiro atoms. The van der Waals surface area contributed by atoms with Gasteiger partial charge in [-0.2, -0.15) is 0 Å². The van der Waals surface area contributed by atoms with Gasteiger partial charge in [-0.1, -0.05) is 20.8 Å². The van der Waals surface area contributed by atoms with E-state index in [4.69, 9.17) is 4.98 Å². The van der Waals surface area contributed by atoms with Gasteiger partial charge in [0, 0.05) is 44.3 Å². The van der Waals surface area contributed by atoms with Crippen LogP contribution in [0, 0.1) is 5.92 Å². The van der Waals surface area contributed by atoms with Crippen molar-refractivity contribution in [1.82, 2.24) is 19.4 Å². The van der Waals surface area contributed by atoms with Gasteiger partial charge in [-0.15, -0.1) is 0 Å². The average molecular weight is 358 g/mol. The number of rotatable bonds is 6. The van der Waals surface area contributed by atoms with Gasteiger partial charge in [-0.05, 0) is 31.7 Å². The second kappa shape index (κ2) is 8.18. The Bertz CT molecular complexity index is 759. The summed E-state index contributed by atoms with van der Waals surface area (Å²) in [5, 5.41) is 2.97. The van der Waals surface area contributed by atoms with Crippen molar-refractivity contribution in [2.75, 3.05) is 38.0 Å². The number of fused-ring (bicyclic) bond motifs is 1. The first-order chi connectivity index (χ1) is 12.5. The highest BCUT2D eigenvalue weighted by Crippen LogP contribution is 2.22. The number of anilines is 1. The van der Waals surface area contributed by atoms with Crippen LogP contribution >= 0.6 is 0 Å². The van der Waals surface area contributed by atoms with E-state index < -0.39 is 0 Å². The van der Waals surface area contributed by atoms with Crippen molar-refractivity contribution in [2.45, 2.75) is 40.8 Å². The number of hydrogen-bond donors (Lipinski definition) is 1. The van der Waals surface area contributed by atoms with Crippen LogP contribution in [0.5, 0.6) is 0 Å². The van der Waals surface area contributed by atoms with Gasteiger partial charge >= 0.3 is 0 Å². The fraction of sp³-hybridized carbons (Fsp3) is 0.600. The second-order valence-corrected chi connectivity index (χ2v) is 7.33. The lowest BCUT2D eigenvalue weighted by atomic mass is 10.2. The summed E-state index contributed by atoms with van der Waals surface area (Å²) >= 11 is 0. The minimum atomic E-state index is -0.0313. The molecule has 6 nitrogen and oxygen atoms in total. The third kappa shape index (κ3) is 4.07. The van der Waals surface area contributed by atoms with E-state index in [1.165, 1.54) is 0 Å². The van der Waals surface area contributed by atoms with Crippen molar-refractivity contribution in [3.63, 3.8) is 0 Å². The number of carbonyl (C=O) groups is 1. The Labute approximate surface area is 156 Å². The van der Waals surface area contributed by atoms with Crippen LogP contribution in [0.4, 0.5) is 5.69 Å². The van der Waals surface area contributed by atoms with E-state index in [2.05, 4.69) is 39.6 Å². The number of carbonyl (C=O) groups excluding carboxylic acids is 1. The van der Waals surface area contributed by atoms with E-state index in [9.17, 15) is 4.79 Å². The van der Waals surface area contributed by atoms with E-state index in [-0.39, 0.29) is 11.8 Å². The summed E-state index contributed by atoms with van der Waals surface area (Å²) in [6.45, 7) is 15.6. The van der Waals surface area contributed by atoms with Crippen LogP contribution in [-0.2, 0) is 17.9 Å². The van der Waals surface area contributed by atoms with Crippen LogP contribution < -0.4 is 5.32 Å². The van der Waals surface area contributed by atoms with E-state index in [0.717, 1.165) is 68.4 Å². The fourth-order valence-corrected chi connectivity index (χ4v) is 3.48. The minimum Gasteiger partial charge on any atom is -0.327 e. The molecule has 142 valence electrons. The zero-order valence-corrected chi connectivity index (χ0v) is 16.5. The lowest BCUT2D eigenvalue weighted by molar-refractivity contribution is -0.118. The SMILES string of the molecule is CCN1CCN(Cc2nc3cc(NC(=O)C(C)C)ccc3n2CC)CC1. The molecule has 1 aromatic heterocycles. The number of hydrogen-bond acceptors (Lipinski definition) is 4. The summed E-state index contributed by atoms with van der Waals surface area (Å²) in [7, 11) is 0. The predicted molar refractivity (Wildman–Crippen MR) is 106 cm³/mol. The van der Waals surface area contributed by atoms with Gasteiger partial charge in [-0.25, -0.2) is 4.98 Å². The van der Waals surface area contributed by atoms with Crippen LogP contribution in [0.1, 0.15) is 33.5 Å². The molecule has 1 aromatic carbocycles. The standard InChI is InChI=1S/C20H31N5O/c1-5-23-9-11-24(12-10-23)14-19-22-17-13-16(21-20(26)15(3)4)7-8-18(17)25(19)6-2/h7-8,13,15H,5-6,9-12,14H2,1-4H3,(H,21,26). The van der Waals surface area contributed by atoms with Gasteiger partial charge in [-0.3, -0.25) is 9.69 Å². The molecule has 1 saturated heterocycles. The van der Waals surface area contributed by atoms with Crippen LogP contribution in [0.15, 0.2) is 18.2 Å². The summed E-state index contributed by atoms with van der Waals surface area (Å²) in [5.74, 6) is 1.12. The number of aryl methyl sites for hydroxylation is 1. The average Bonchev–Trinajstić information content (AvgIpc) is 2.98. The second-order valence-electron chi connectivity index (χ2n) is 7.33. The first kappa shape index (κ1) is 18.9. The predicted octanol–water partition coefficient (Wildman–Crippen LogP) is 2.79. The molecule has 0 aliphatic carbocycles. The number of nitrogens with one attached hydrogen (secondary N) is 1. The molecule has 1 N–H and O–H groups in total. The molecular weight excluding hydrogens is 326 g/mol. The van der Waals surface area contributed by atoms with Crippen molar-refractivity contribution in [1.29, 1.82) is 0 Å². The fourth-order valence-electron chi connectivity index (χ4n) is 3.48. The summed E-state index contributed by atoms with van der Waals surface area (Å²) in [4.78, 5) is 21.8. The Balaban J connectivity index is 1.79. The number of nitrogens with zero attached hydrogens (tertiary/aromatic N) is 4. The van der Waals surface area contributed by atoms with Gasteiger partial charge in [0.15, 0.2) is 0 Å². The number of imidazole rings is 1. The van der Waals surface area contributed by atoms with E-state index >= 15 is 0 Å². The molecule has 3 rings (SSSR count). The Morgan fingerprint density at radius 1 is 1.12 bits per heavy atom. The van der Waals surface area contributed by atoms with Crippen LogP contribution in [0.25, 0.3) is 11.0 Å². The topological polar surface area (TPSA) is 53.4 Å². The van der Waals surface area contributed by atoms with Gasteiger partial charge in [0.1, 0.15) is 5.82 Å². The van der Waals surface area contributed by atoms with Crippen molar-refractivity contribution in [3.05, 3.63) is 24.0 Å². The van der Waals surface area contributed by atoms with Gasteiger partial charge in [0.2, 0.25) is 5.91 Å². The zero-order valence-electron chi connectivity index (χ0n) is 16.5. The zero-order chi connectivity index (χ0) is 18.7. The van der Waals surface area contributed by atoms with E-state index in [0.29, 0.717) is 0 Å². The quantitative estimate of drug-likeness (QED) is 0.864. The summed E-state index contributed by atoms with van der Waals surface area (Å²) < 4.78 is 2.29. The monoisotopic (exact) mass is 357 g/mol. The van der Waals surface area contributed by atoms with Gasteiger partial charge < -0.3 is 14.8 Å². The molecular formula is C20H31N5O. The molecule has 0 unspecified atom stereocenters. The van der Waals surface area contributed by atoms with Gasteiger partial charge in [0.05, 0.1) is 17.6 Å². The highest BCUT2D eigenvalue weighted by atomic mass is 16.1. The van der Waals surface area contributed by atoms with Crippen molar-refractivity contribution in [3.8, 4) is 0 Å². The third-order valence-electron chi connectivity index (χ3n) is 5.21. The number of amides is 1. The van der Waals surface area contributed by atoms with Crippen LogP contribution in [0.3, 0.4) is 0 Å². The molecule has 0 radical (unpaired) electrons. The molecule has 2 aromatic rings. The highest BCUT2D eigenvalue weighted by molar-refractivity contribution is 5.94. The molecule has 1 fully saturated rings.